The summed E-state index contributed by atoms with van der Waals surface area (Å²) in [7, 11) is 0. The Kier molecular flexibility index (Phi) is 5.37. The van der Waals surface area contributed by atoms with E-state index in [2.05, 4.69) is 12.2 Å². The fraction of sp³-hybridized carbons (Fsp3) is 0.529. The molecule has 1 aliphatic heterocycles. The molecule has 2 rings (SSSR count). The Morgan fingerprint density at radius 3 is 2.38 bits per heavy atom. The second-order valence-corrected chi connectivity index (χ2v) is 5.66. The quantitative estimate of drug-likeness (QED) is 0.925. The lowest BCUT2D eigenvalue weighted by Gasteiger charge is -2.31. The van der Waals surface area contributed by atoms with Crippen LogP contribution in [-0.4, -0.2) is 29.8 Å². The van der Waals surface area contributed by atoms with Crippen molar-refractivity contribution in [3.63, 3.8) is 0 Å². The third-order valence-electron chi connectivity index (χ3n) is 4.24. The average Bonchev–Trinajstić information content (AvgIpc) is 2.53. The van der Waals surface area contributed by atoms with Crippen LogP contribution in [0.15, 0.2) is 30.3 Å². The molecule has 0 spiro atoms. The molecule has 1 aromatic carbocycles. The topological polar surface area (TPSA) is 49.4 Å². The summed E-state index contributed by atoms with van der Waals surface area (Å²) in [6, 6.07) is 10.1. The summed E-state index contributed by atoms with van der Waals surface area (Å²) in [4.78, 5) is 25.5. The number of carbonyl (C=O) groups is 2. The minimum Gasteiger partial charge on any atom is -0.349 e. The van der Waals surface area contributed by atoms with Gasteiger partial charge in [0, 0.05) is 25.9 Å². The van der Waals surface area contributed by atoms with E-state index in [0.29, 0.717) is 13.1 Å². The lowest BCUT2D eigenvalue weighted by molar-refractivity contribution is -0.134. The first-order chi connectivity index (χ1) is 10.1. The molecular weight excluding hydrogens is 264 g/mol. The molecule has 1 heterocycles. The van der Waals surface area contributed by atoms with Crippen LogP contribution in [0.3, 0.4) is 0 Å². The molecule has 1 saturated heterocycles. The number of hydrogen-bond donors (Lipinski definition) is 1. The Hall–Kier alpha value is -1.84. The minimum atomic E-state index is 0.0263. The van der Waals surface area contributed by atoms with Crippen LogP contribution < -0.4 is 5.32 Å². The van der Waals surface area contributed by atoms with Crippen molar-refractivity contribution in [2.24, 2.45) is 5.92 Å². The van der Waals surface area contributed by atoms with Crippen LogP contribution in [-0.2, 0) is 9.59 Å². The predicted octanol–water partition coefficient (Wildman–Crippen LogP) is 2.51. The summed E-state index contributed by atoms with van der Waals surface area (Å²) in [6.45, 7) is 5.05. The molecule has 1 unspecified atom stereocenters. The number of hydrogen-bond acceptors (Lipinski definition) is 2. The number of nitrogens with zero attached hydrogens (tertiary/aromatic N) is 1. The molecule has 0 bridgehead atoms. The van der Waals surface area contributed by atoms with Crippen molar-refractivity contribution in [3.8, 4) is 0 Å². The van der Waals surface area contributed by atoms with Gasteiger partial charge in [0.1, 0.15) is 0 Å². The van der Waals surface area contributed by atoms with Gasteiger partial charge in [0.2, 0.25) is 11.8 Å². The number of nitrogens with one attached hydrogen (secondary N) is 1. The first-order valence-electron chi connectivity index (χ1n) is 7.72. The fourth-order valence-electron chi connectivity index (χ4n) is 2.85. The van der Waals surface area contributed by atoms with E-state index in [1.54, 1.807) is 6.92 Å². The molecule has 114 valence electrons. The number of benzene rings is 1. The number of amides is 2. The van der Waals surface area contributed by atoms with Crippen LogP contribution in [0.2, 0.25) is 0 Å². The van der Waals surface area contributed by atoms with Crippen molar-refractivity contribution >= 4 is 11.8 Å². The molecule has 21 heavy (non-hydrogen) atoms. The zero-order valence-electron chi connectivity index (χ0n) is 12.8. The zero-order chi connectivity index (χ0) is 15.2. The predicted molar refractivity (Wildman–Crippen MR) is 82.6 cm³/mol. The molecule has 4 nitrogen and oxygen atoms in total. The largest absolute Gasteiger partial charge is 0.349 e. The highest BCUT2D eigenvalue weighted by molar-refractivity contribution is 5.80. The van der Waals surface area contributed by atoms with Gasteiger partial charge in [-0.1, -0.05) is 37.3 Å². The minimum absolute atomic E-state index is 0.0263. The van der Waals surface area contributed by atoms with Crippen LogP contribution in [0.4, 0.5) is 0 Å². The summed E-state index contributed by atoms with van der Waals surface area (Å²) in [5.74, 6) is 0.247. The van der Waals surface area contributed by atoms with E-state index < -0.39 is 0 Å². The van der Waals surface area contributed by atoms with Crippen LogP contribution in [0.25, 0.3) is 0 Å². The molecule has 1 aromatic rings. The molecule has 1 atom stereocenters. The third-order valence-corrected chi connectivity index (χ3v) is 4.24. The number of likely N-dealkylation sites (tertiary alicyclic amines) is 1. The van der Waals surface area contributed by atoms with E-state index in [9.17, 15) is 9.59 Å². The van der Waals surface area contributed by atoms with E-state index >= 15 is 0 Å². The summed E-state index contributed by atoms with van der Waals surface area (Å²) >= 11 is 0. The van der Waals surface area contributed by atoms with Crippen molar-refractivity contribution < 1.29 is 9.59 Å². The molecule has 1 N–H and O–H groups in total. The van der Waals surface area contributed by atoms with E-state index in [1.165, 1.54) is 0 Å². The average molecular weight is 288 g/mol. The van der Waals surface area contributed by atoms with Crippen molar-refractivity contribution in [2.45, 2.75) is 39.2 Å². The molecule has 0 aliphatic carbocycles. The SMILES string of the molecule is CCC(NC(=O)C1CCN(C(C)=O)CC1)c1ccccc1. The number of piperidine rings is 1. The summed E-state index contributed by atoms with van der Waals surface area (Å²) in [5.41, 5.74) is 1.15. The van der Waals surface area contributed by atoms with Gasteiger partial charge in [-0.05, 0) is 24.8 Å². The first-order valence-corrected chi connectivity index (χ1v) is 7.72. The van der Waals surface area contributed by atoms with Crippen LogP contribution in [0.1, 0.15) is 44.7 Å². The Bertz CT molecular complexity index is 479. The maximum atomic E-state index is 12.4. The number of rotatable bonds is 4. The van der Waals surface area contributed by atoms with Crippen molar-refractivity contribution in [3.05, 3.63) is 35.9 Å². The van der Waals surface area contributed by atoms with Crippen molar-refractivity contribution in [1.82, 2.24) is 10.2 Å². The molecule has 2 amide bonds. The Balaban J connectivity index is 1.91. The highest BCUT2D eigenvalue weighted by Crippen LogP contribution is 2.21. The highest BCUT2D eigenvalue weighted by Gasteiger charge is 2.27. The monoisotopic (exact) mass is 288 g/mol. The maximum absolute atomic E-state index is 12.4. The normalized spacial score (nSPS) is 17.3. The fourth-order valence-corrected chi connectivity index (χ4v) is 2.85. The van der Waals surface area contributed by atoms with Crippen molar-refractivity contribution in [1.29, 1.82) is 0 Å². The lowest BCUT2D eigenvalue weighted by Crippen LogP contribution is -2.43. The van der Waals surface area contributed by atoms with E-state index in [0.717, 1.165) is 24.8 Å². The Morgan fingerprint density at radius 1 is 1.24 bits per heavy atom. The van der Waals surface area contributed by atoms with Crippen molar-refractivity contribution in [2.75, 3.05) is 13.1 Å². The Labute approximate surface area is 126 Å². The van der Waals surface area contributed by atoms with Gasteiger partial charge in [-0.3, -0.25) is 9.59 Å². The first kappa shape index (κ1) is 15.5. The van der Waals surface area contributed by atoms with Gasteiger partial charge in [-0.15, -0.1) is 0 Å². The lowest BCUT2D eigenvalue weighted by atomic mass is 9.94. The second-order valence-electron chi connectivity index (χ2n) is 5.66. The Morgan fingerprint density at radius 2 is 1.86 bits per heavy atom. The van der Waals surface area contributed by atoms with Gasteiger partial charge in [0.25, 0.3) is 0 Å². The highest BCUT2D eigenvalue weighted by atomic mass is 16.2. The summed E-state index contributed by atoms with van der Waals surface area (Å²) in [6.07, 6.45) is 2.40. The zero-order valence-corrected chi connectivity index (χ0v) is 12.8. The summed E-state index contributed by atoms with van der Waals surface area (Å²) in [5, 5.41) is 3.15. The standard InChI is InChI=1S/C17H24N2O2/c1-3-16(14-7-5-4-6-8-14)18-17(21)15-9-11-19(12-10-15)13(2)20/h4-8,15-16H,3,9-12H2,1-2H3,(H,18,21). The van der Waals surface area contributed by atoms with Gasteiger partial charge < -0.3 is 10.2 Å². The molecule has 1 aliphatic rings. The smallest absolute Gasteiger partial charge is 0.223 e. The van der Waals surface area contributed by atoms with Gasteiger partial charge in [0.15, 0.2) is 0 Å². The number of carbonyl (C=O) groups excluding carboxylic acids is 2. The van der Waals surface area contributed by atoms with Crippen LogP contribution >= 0.6 is 0 Å². The van der Waals surface area contributed by atoms with Gasteiger partial charge in [-0.25, -0.2) is 0 Å². The van der Waals surface area contributed by atoms with E-state index in [4.69, 9.17) is 0 Å². The molecular formula is C17H24N2O2. The van der Waals surface area contributed by atoms with E-state index in [-0.39, 0.29) is 23.8 Å². The van der Waals surface area contributed by atoms with Gasteiger partial charge in [0.05, 0.1) is 6.04 Å². The second kappa shape index (κ2) is 7.25. The third kappa shape index (κ3) is 4.06. The van der Waals surface area contributed by atoms with Crippen LogP contribution in [0, 0.1) is 5.92 Å². The summed E-state index contributed by atoms with van der Waals surface area (Å²) < 4.78 is 0. The molecule has 0 saturated carbocycles. The molecule has 0 radical (unpaired) electrons. The van der Waals surface area contributed by atoms with Gasteiger partial charge >= 0.3 is 0 Å². The van der Waals surface area contributed by atoms with Crippen LogP contribution in [0.5, 0.6) is 0 Å². The van der Waals surface area contributed by atoms with Gasteiger partial charge in [-0.2, -0.15) is 0 Å². The molecule has 0 aromatic heterocycles. The molecule has 1 fully saturated rings. The maximum Gasteiger partial charge on any atom is 0.223 e. The van der Waals surface area contributed by atoms with E-state index in [1.807, 2.05) is 35.2 Å². The molecule has 4 heteroatoms.